The molecule has 0 aliphatic rings. The van der Waals surface area contributed by atoms with Crippen LogP contribution in [0.25, 0.3) is 0 Å². The molecule has 1 heterocycles. The molecule has 8 nitrogen and oxygen atoms in total. The van der Waals surface area contributed by atoms with Gasteiger partial charge < -0.3 is 10.5 Å². The van der Waals surface area contributed by atoms with Gasteiger partial charge in [0.25, 0.3) is 15.9 Å². The van der Waals surface area contributed by atoms with E-state index in [2.05, 4.69) is 30.8 Å². The maximum atomic E-state index is 13.6. The van der Waals surface area contributed by atoms with E-state index in [1.807, 2.05) is 0 Å². The summed E-state index contributed by atoms with van der Waals surface area (Å²) in [5.41, 5.74) is 4.94. The van der Waals surface area contributed by atoms with Gasteiger partial charge in [-0.3, -0.25) is 14.6 Å². The fourth-order valence-corrected chi connectivity index (χ4v) is 3.05. The summed E-state index contributed by atoms with van der Waals surface area (Å²) in [5, 5.41) is 5.85. The molecule has 0 radical (unpaired) electrons. The Labute approximate surface area is 133 Å². The predicted molar refractivity (Wildman–Crippen MR) is 78.6 cm³/mol. The molecule has 1 amide bonds. The highest BCUT2D eigenvalue weighted by molar-refractivity contribution is 9.10. The standard InChI is InChI=1S/C11H10BrFN4O4S/c1-21-8-2-5(12)6(13)3-9(8)22(19,20)17-10-4-7(11(14)18)15-16-10/h2-4H,1H3,(H2,14,18)(H2,15,16,17). The first-order chi connectivity index (χ1) is 10.2. The number of methoxy groups -OCH3 is 1. The molecule has 0 saturated heterocycles. The molecule has 0 bridgehead atoms. The molecule has 4 N–H and O–H groups in total. The Bertz CT molecular complexity index is 837. The summed E-state index contributed by atoms with van der Waals surface area (Å²) in [6.45, 7) is 0. The number of primary amides is 1. The van der Waals surface area contributed by atoms with E-state index in [0.717, 1.165) is 12.1 Å². The third-order valence-corrected chi connectivity index (χ3v) is 4.56. The summed E-state index contributed by atoms with van der Waals surface area (Å²) >= 11 is 2.93. The highest BCUT2D eigenvalue weighted by Gasteiger charge is 2.23. The molecule has 2 rings (SSSR count). The van der Waals surface area contributed by atoms with Gasteiger partial charge in [0, 0.05) is 6.07 Å². The van der Waals surface area contributed by atoms with Crippen LogP contribution >= 0.6 is 15.9 Å². The van der Waals surface area contributed by atoms with Crippen LogP contribution in [0.3, 0.4) is 0 Å². The van der Waals surface area contributed by atoms with Crippen molar-refractivity contribution in [1.29, 1.82) is 0 Å². The van der Waals surface area contributed by atoms with Crippen LogP contribution in [0.4, 0.5) is 10.2 Å². The van der Waals surface area contributed by atoms with Gasteiger partial charge in [-0.1, -0.05) is 0 Å². The highest BCUT2D eigenvalue weighted by Crippen LogP contribution is 2.30. The minimum Gasteiger partial charge on any atom is -0.495 e. The van der Waals surface area contributed by atoms with E-state index in [4.69, 9.17) is 10.5 Å². The second-order valence-electron chi connectivity index (χ2n) is 4.05. The smallest absolute Gasteiger partial charge is 0.266 e. The lowest BCUT2D eigenvalue weighted by atomic mass is 10.3. The Kier molecular flexibility index (Phi) is 4.37. The first-order valence-electron chi connectivity index (χ1n) is 5.65. The fraction of sp³-hybridized carbons (Fsp3) is 0.0909. The Balaban J connectivity index is 2.41. The molecule has 0 aliphatic heterocycles. The topological polar surface area (TPSA) is 127 Å². The van der Waals surface area contributed by atoms with Gasteiger partial charge in [-0.25, -0.2) is 12.8 Å². The van der Waals surface area contributed by atoms with Crippen molar-refractivity contribution in [2.45, 2.75) is 4.90 Å². The average molecular weight is 393 g/mol. The molecular formula is C11H10BrFN4O4S. The van der Waals surface area contributed by atoms with Crippen LogP contribution in [0.1, 0.15) is 10.5 Å². The zero-order valence-corrected chi connectivity index (χ0v) is 13.5. The zero-order chi connectivity index (χ0) is 16.5. The van der Waals surface area contributed by atoms with Crippen molar-refractivity contribution >= 4 is 37.7 Å². The van der Waals surface area contributed by atoms with Gasteiger partial charge in [-0.15, -0.1) is 0 Å². The number of nitrogens with two attached hydrogens (primary N) is 1. The molecule has 1 aromatic heterocycles. The molecule has 0 spiro atoms. The van der Waals surface area contributed by atoms with Crippen LogP contribution in [0, 0.1) is 5.82 Å². The molecule has 22 heavy (non-hydrogen) atoms. The first-order valence-corrected chi connectivity index (χ1v) is 7.93. The van der Waals surface area contributed by atoms with Gasteiger partial charge in [0.15, 0.2) is 5.82 Å². The fourth-order valence-electron chi connectivity index (χ4n) is 1.57. The largest absolute Gasteiger partial charge is 0.495 e. The molecule has 1 aromatic carbocycles. The number of benzene rings is 1. The van der Waals surface area contributed by atoms with Crippen LogP contribution in [0.5, 0.6) is 5.75 Å². The molecule has 0 aliphatic carbocycles. The third-order valence-electron chi connectivity index (χ3n) is 2.58. The normalized spacial score (nSPS) is 11.2. The number of ether oxygens (including phenoxy) is 1. The van der Waals surface area contributed by atoms with Crippen LogP contribution in [-0.2, 0) is 10.0 Å². The van der Waals surface area contributed by atoms with Crippen LogP contribution < -0.4 is 15.2 Å². The van der Waals surface area contributed by atoms with Crippen molar-refractivity contribution in [1.82, 2.24) is 10.2 Å². The molecule has 0 fully saturated rings. The van der Waals surface area contributed by atoms with Crippen LogP contribution in [0.2, 0.25) is 0 Å². The second-order valence-corrected chi connectivity index (χ2v) is 6.56. The van der Waals surface area contributed by atoms with E-state index >= 15 is 0 Å². The third kappa shape index (κ3) is 3.20. The molecule has 0 saturated carbocycles. The number of rotatable bonds is 5. The van der Waals surface area contributed by atoms with E-state index in [-0.39, 0.29) is 21.7 Å². The summed E-state index contributed by atoms with van der Waals surface area (Å²) in [7, 11) is -2.93. The quantitative estimate of drug-likeness (QED) is 0.704. The Hall–Kier alpha value is -2.14. The van der Waals surface area contributed by atoms with E-state index in [1.165, 1.54) is 13.2 Å². The van der Waals surface area contributed by atoms with Crippen molar-refractivity contribution in [2.75, 3.05) is 11.8 Å². The number of H-pyrrole nitrogens is 1. The minimum atomic E-state index is -4.18. The average Bonchev–Trinajstić information content (AvgIpc) is 2.89. The lowest BCUT2D eigenvalue weighted by molar-refractivity contribution is 0.0995. The number of hydrogen-bond acceptors (Lipinski definition) is 5. The first kappa shape index (κ1) is 16.2. The molecule has 2 aromatic rings. The number of aromatic nitrogens is 2. The van der Waals surface area contributed by atoms with Crippen molar-refractivity contribution < 1.29 is 22.3 Å². The molecule has 11 heteroatoms. The molecule has 0 unspecified atom stereocenters. The second kappa shape index (κ2) is 5.93. The summed E-state index contributed by atoms with van der Waals surface area (Å²) in [6.07, 6.45) is 0. The van der Waals surface area contributed by atoms with E-state index in [9.17, 15) is 17.6 Å². The van der Waals surface area contributed by atoms with Gasteiger partial charge in [-0.2, -0.15) is 5.10 Å². The van der Waals surface area contributed by atoms with Gasteiger partial charge in [-0.05, 0) is 28.1 Å². The Morgan fingerprint density at radius 3 is 2.68 bits per heavy atom. The molecule has 0 atom stereocenters. The number of amides is 1. The predicted octanol–water partition coefficient (Wildman–Crippen LogP) is 1.22. The van der Waals surface area contributed by atoms with Gasteiger partial charge in [0.05, 0.1) is 11.6 Å². The monoisotopic (exact) mass is 392 g/mol. The Morgan fingerprint density at radius 2 is 2.14 bits per heavy atom. The number of sulfonamides is 1. The van der Waals surface area contributed by atoms with Crippen molar-refractivity contribution in [3.63, 3.8) is 0 Å². The minimum absolute atomic E-state index is 0.0547. The summed E-state index contributed by atoms with van der Waals surface area (Å²) in [5.74, 6) is -1.81. The number of carbonyl (C=O) groups excluding carboxylic acids is 1. The summed E-state index contributed by atoms with van der Waals surface area (Å²) in [4.78, 5) is 10.5. The lowest BCUT2D eigenvalue weighted by Crippen LogP contribution is -2.15. The van der Waals surface area contributed by atoms with Crippen molar-refractivity contribution in [3.05, 3.63) is 34.2 Å². The summed E-state index contributed by atoms with van der Waals surface area (Å²) in [6, 6.07) is 3.09. The van der Waals surface area contributed by atoms with Gasteiger partial charge in [0.2, 0.25) is 0 Å². The maximum absolute atomic E-state index is 13.6. The van der Waals surface area contributed by atoms with Crippen molar-refractivity contribution in [2.24, 2.45) is 5.73 Å². The number of hydrogen-bond donors (Lipinski definition) is 3. The van der Waals surface area contributed by atoms with Gasteiger partial charge in [0.1, 0.15) is 22.2 Å². The van der Waals surface area contributed by atoms with Crippen LogP contribution in [-0.4, -0.2) is 31.6 Å². The van der Waals surface area contributed by atoms with E-state index < -0.39 is 26.6 Å². The van der Waals surface area contributed by atoms with E-state index in [0.29, 0.717) is 0 Å². The number of nitrogens with zero attached hydrogens (tertiary/aromatic N) is 1. The Morgan fingerprint density at radius 1 is 1.45 bits per heavy atom. The number of anilines is 1. The number of aromatic amines is 1. The maximum Gasteiger partial charge on any atom is 0.266 e. The SMILES string of the molecule is COc1cc(Br)c(F)cc1S(=O)(=O)Nc1cc(C(N)=O)[nH]n1. The highest BCUT2D eigenvalue weighted by atomic mass is 79.9. The number of carbonyl (C=O) groups is 1. The lowest BCUT2D eigenvalue weighted by Gasteiger charge is -2.11. The number of nitrogens with one attached hydrogen (secondary N) is 2. The van der Waals surface area contributed by atoms with Crippen LogP contribution in [0.15, 0.2) is 27.6 Å². The number of halogens is 2. The van der Waals surface area contributed by atoms with Gasteiger partial charge >= 0.3 is 0 Å². The zero-order valence-electron chi connectivity index (χ0n) is 11.1. The van der Waals surface area contributed by atoms with E-state index in [1.54, 1.807) is 0 Å². The molecule has 118 valence electrons. The summed E-state index contributed by atoms with van der Waals surface area (Å²) < 4.78 is 45.2. The van der Waals surface area contributed by atoms with Crippen molar-refractivity contribution in [3.8, 4) is 5.75 Å². The molecular weight excluding hydrogens is 383 g/mol.